The fraction of sp³-hybridized carbons (Fsp3) is 0.333. The molecular formula is C30H35Cl2N3O4S. The van der Waals surface area contributed by atoms with Crippen LogP contribution in [0.5, 0.6) is 0 Å². The molecule has 7 nitrogen and oxygen atoms in total. The maximum absolute atomic E-state index is 14.1. The quantitative estimate of drug-likeness (QED) is 0.291. The Bertz CT molecular complexity index is 1430. The fourth-order valence-electron chi connectivity index (χ4n) is 4.26. The number of nitrogens with one attached hydrogen (secondary N) is 1. The maximum atomic E-state index is 14.1. The minimum absolute atomic E-state index is 0.106. The molecule has 0 radical (unpaired) electrons. The lowest BCUT2D eigenvalue weighted by molar-refractivity contribution is -0.140. The van der Waals surface area contributed by atoms with Gasteiger partial charge in [0.25, 0.3) is 0 Å². The number of carbonyl (C=O) groups is 2. The van der Waals surface area contributed by atoms with E-state index in [2.05, 4.69) is 5.32 Å². The van der Waals surface area contributed by atoms with Crippen molar-refractivity contribution in [2.75, 3.05) is 17.1 Å². The number of amides is 2. The Labute approximate surface area is 247 Å². The van der Waals surface area contributed by atoms with Crippen LogP contribution < -0.4 is 9.62 Å². The van der Waals surface area contributed by atoms with Crippen molar-refractivity contribution in [2.24, 2.45) is 0 Å². The molecule has 0 saturated heterocycles. The minimum atomic E-state index is -3.90. The molecule has 0 unspecified atom stereocenters. The maximum Gasteiger partial charge on any atom is 0.244 e. The second-order valence-corrected chi connectivity index (χ2v) is 12.6. The predicted octanol–water partition coefficient (Wildman–Crippen LogP) is 5.62. The van der Waals surface area contributed by atoms with E-state index in [1.165, 1.54) is 23.1 Å². The van der Waals surface area contributed by atoms with Gasteiger partial charge in [0.15, 0.2) is 0 Å². The summed E-state index contributed by atoms with van der Waals surface area (Å²) in [4.78, 5) is 29.2. The number of anilines is 1. The van der Waals surface area contributed by atoms with Gasteiger partial charge in [-0.2, -0.15) is 0 Å². The Hall–Kier alpha value is -3.07. The highest BCUT2D eigenvalue weighted by Crippen LogP contribution is 2.29. The lowest BCUT2D eigenvalue weighted by Gasteiger charge is -2.34. The van der Waals surface area contributed by atoms with Crippen LogP contribution in [0.25, 0.3) is 0 Å². The van der Waals surface area contributed by atoms with Crippen LogP contribution in [0.1, 0.15) is 37.0 Å². The van der Waals surface area contributed by atoms with E-state index in [4.69, 9.17) is 23.2 Å². The van der Waals surface area contributed by atoms with Crippen LogP contribution in [0, 0.1) is 6.92 Å². The molecule has 40 heavy (non-hydrogen) atoms. The van der Waals surface area contributed by atoms with Gasteiger partial charge in [-0.25, -0.2) is 8.42 Å². The standard InChI is InChI=1S/C30H35Cl2N3O4S/c1-5-22(3)33-30(37)28(17-23-11-7-6-8-12-23)34(19-24-13-9-10-21(2)16-24)29(36)20-35(40(4,38)39)25-14-15-26(31)27(32)18-25/h6-16,18,22,28H,5,17,19-20H2,1-4H3,(H,33,37)/t22-,28+/m0/s1. The average molecular weight is 605 g/mol. The highest BCUT2D eigenvalue weighted by atomic mass is 35.5. The first-order chi connectivity index (χ1) is 18.9. The Balaban J connectivity index is 2.07. The molecule has 0 aliphatic carbocycles. The van der Waals surface area contributed by atoms with Gasteiger partial charge in [0.2, 0.25) is 21.8 Å². The van der Waals surface area contributed by atoms with Crippen molar-refractivity contribution in [1.82, 2.24) is 10.2 Å². The minimum Gasteiger partial charge on any atom is -0.352 e. The van der Waals surface area contributed by atoms with Crippen molar-refractivity contribution < 1.29 is 18.0 Å². The van der Waals surface area contributed by atoms with Gasteiger partial charge in [-0.15, -0.1) is 0 Å². The number of hydrogen-bond acceptors (Lipinski definition) is 4. The molecule has 3 aromatic carbocycles. The number of aryl methyl sites for hydroxylation is 1. The third kappa shape index (κ3) is 8.71. The Morgan fingerprint density at radius 3 is 2.20 bits per heavy atom. The zero-order chi connectivity index (χ0) is 29.4. The number of benzene rings is 3. The van der Waals surface area contributed by atoms with E-state index in [-0.39, 0.29) is 40.6 Å². The number of nitrogens with zero attached hydrogens (tertiary/aromatic N) is 2. The molecule has 0 aliphatic rings. The van der Waals surface area contributed by atoms with Crippen LogP contribution in [0.2, 0.25) is 10.0 Å². The van der Waals surface area contributed by atoms with Gasteiger partial charge in [-0.05, 0) is 49.6 Å². The number of halogens is 2. The SMILES string of the molecule is CC[C@H](C)NC(=O)[C@@H](Cc1ccccc1)N(Cc1cccc(C)c1)C(=O)CN(c1ccc(Cl)c(Cl)c1)S(C)(=O)=O. The van der Waals surface area contributed by atoms with Gasteiger partial charge in [-0.3, -0.25) is 13.9 Å². The molecule has 2 amide bonds. The van der Waals surface area contributed by atoms with Crippen LogP contribution >= 0.6 is 23.2 Å². The monoisotopic (exact) mass is 603 g/mol. The summed E-state index contributed by atoms with van der Waals surface area (Å²) in [5, 5.41) is 3.43. The molecule has 10 heteroatoms. The number of carbonyl (C=O) groups excluding carboxylic acids is 2. The van der Waals surface area contributed by atoms with E-state index in [1.807, 2.05) is 75.4 Å². The second-order valence-electron chi connectivity index (χ2n) is 9.90. The molecule has 3 aromatic rings. The van der Waals surface area contributed by atoms with Crippen molar-refractivity contribution >= 4 is 50.7 Å². The molecule has 0 saturated carbocycles. The molecule has 214 valence electrons. The van der Waals surface area contributed by atoms with E-state index in [0.717, 1.165) is 33.7 Å². The fourth-order valence-corrected chi connectivity index (χ4v) is 5.39. The van der Waals surface area contributed by atoms with Crippen LogP contribution in [0.15, 0.2) is 72.8 Å². The number of hydrogen-bond donors (Lipinski definition) is 1. The molecule has 0 aliphatic heterocycles. The molecule has 2 atom stereocenters. The van der Waals surface area contributed by atoms with Crippen molar-refractivity contribution in [3.63, 3.8) is 0 Å². The third-order valence-electron chi connectivity index (χ3n) is 6.58. The van der Waals surface area contributed by atoms with E-state index < -0.39 is 28.5 Å². The lowest BCUT2D eigenvalue weighted by Crippen LogP contribution is -2.54. The molecule has 1 N–H and O–H groups in total. The molecule has 0 spiro atoms. The van der Waals surface area contributed by atoms with E-state index >= 15 is 0 Å². The smallest absolute Gasteiger partial charge is 0.244 e. The first-order valence-electron chi connectivity index (χ1n) is 13.0. The zero-order valence-electron chi connectivity index (χ0n) is 23.1. The number of sulfonamides is 1. The predicted molar refractivity (Wildman–Crippen MR) is 162 cm³/mol. The van der Waals surface area contributed by atoms with E-state index in [0.29, 0.717) is 0 Å². The lowest BCUT2D eigenvalue weighted by atomic mass is 10.0. The van der Waals surface area contributed by atoms with Crippen LogP contribution in [-0.2, 0) is 32.6 Å². The summed E-state index contributed by atoms with van der Waals surface area (Å²) < 4.78 is 26.7. The van der Waals surface area contributed by atoms with Crippen LogP contribution in [0.4, 0.5) is 5.69 Å². The summed E-state index contributed by atoms with van der Waals surface area (Å²) in [6.07, 6.45) is 1.99. The summed E-state index contributed by atoms with van der Waals surface area (Å²) >= 11 is 12.2. The van der Waals surface area contributed by atoms with Gasteiger partial charge in [-0.1, -0.05) is 90.3 Å². The molecule has 0 fully saturated rings. The normalized spacial score (nSPS) is 12.8. The Morgan fingerprint density at radius 1 is 0.925 bits per heavy atom. The van der Waals surface area contributed by atoms with Gasteiger partial charge in [0.1, 0.15) is 12.6 Å². The van der Waals surface area contributed by atoms with Gasteiger partial charge < -0.3 is 10.2 Å². The van der Waals surface area contributed by atoms with Crippen molar-refractivity contribution in [2.45, 2.75) is 52.2 Å². The van der Waals surface area contributed by atoms with Gasteiger partial charge in [0.05, 0.1) is 22.0 Å². The number of rotatable bonds is 12. The van der Waals surface area contributed by atoms with E-state index in [9.17, 15) is 18.0 Å². The van der Waals surface area contributed by atoms with Crippen molar-refractivity contribution in [3.05, 3.63) is 99.5 Å². The first kappa shape index (κ1) is 31.5. The summed E-state index contributed by atoms with van der Waals surface area (Å²) in [6.45, 7) is 5.41. The molecule has 0 heterocycles. The van der Waals surface area contributed by atoms with Crippen molar-refractivity contribution in [3.8, 4) is 0 Å². The first-order valence-corrected chi connectivity index (χ1v) is 15.6. The topological polar surface area (TPSA) is 86.8 Å². The van der Waals surface area contributed by atoms with Gasteiger partial charge in [0, 0.05) is 19.0 Å². The highest BCUT2D eigenvalue weighted by molar-refractivity contribution is 7.92. The largest absolute Gasteiger partial charge is 0.352 e. The molecule has 0 aromatic heterocycles. The molecular weight excluding hydrogens is 569 g/mol. The van der Waals surface area contributed by atoms with E-state index in [1.54, 1.807) is 0 Å². The summed E-state index contributed by atoms with van der Waals surface area (Å²) in [5.41, 5.74) is 2.90. The summed E-state index contributed by atoms with van der Waals surface area (Å²) in [7, 11) is -3.90. The Kier molecular flexibility index (Phi) is 11.0. The average Bonchev–Trinajstić information content (AvgIpc) is 2.90. The van der Waals surface area contributed by atoms with Gasteiger partial charge >= 0.3 is 0 Å². The summed E-state index contributed by atoms with van der Waals surface area (Å²) in [6, 6.07) is 20.5. The van der Waals surface area contributed by atoms with Crippen molar-refractivity contribution in [1.29, 1.82) is 0 Å². The van der Waals surface area contributed by atoms with Crippen LogP contribution in [0.3, 0.4) is 0 Å². The summed E-state index contributed by atoms with van der Waals surface area (Å²) in [5.74, 6) is -0.835. The molecule has 3 rings (SSSR count). The zero-order valence-corrected chi connectivity index (χ0v) is 25.4. The highest BCUT2D eigenvalue weighted by Gasteiger charge is 2.33. The second kappa shape index (κ2) is 14.0. The molecule has 0 bridgehead atoms. The third-order valence-corrected chi connectivity index (χ3v) is 8.46. The Morgan fingerprint density at radius 2 is 1.60 bits per heavy atom. The van der Waals surface area contributed by atoms with Crippen LogP contribution in [-0.4, -0.2) is 50.0 Å².